The second kappa shape index (κ2) is 6.75. The van der Waals surface area contributed by atoms with Crippen molar-refractivity contribution < 1.29 is 4.79 Å². The van der Waals surface area contributed by atoms with E-state index < -0.39 is 0 Å². The summed E-state index contributed by atoms with van der Waals surface area (Å²) in [5.41, 5.74) is 8.51. The molecule has 1 atom stereocenters. The zero-order chi connectivity index (χ0) is 15.4. The summed E-state index contributed by atoms with van der Waals surface area (Å²) in [6.07, 6.45) is 3.63. The molecule has 1 aliphatic rings. The van der Waals surface area contributed by atoms with Gasteiger partial charge in [0.2, 0.25) is 5.91 Å². The molecule has 3 nitrogen and oxygen atoms in total. The molecule has 3 rings (SSSR count). The number of amides is 1. The summed E-state index contributed by atoms with van der Waals surface area (Å²) in [5.74, 6) is -0.366. The number of carbonyl (C=O) groups excluding carboxylic acids is 1. The highest BCUT2D eigenvalue weighted by Gasteiger charge is 2.24. The minimum atomic E-state index is -0.366. The molecule has 0 radical (unpaired) electrons. The lowest BCUT2D eigenvalue weighted by Crippen LogP contribution is -2.30. The van der Waals surface area contributed by atoms with E-state index in [2.05, 4.69) is 35.2 Å². The van der Waals surface area contributed by atoms with Crippen molar-refractivity contribution >= 4 is 5.91 Å². The molecule has 0 bridgehead atoms. The fourth-order valence-electron chi connectivity index (χ4n) is 3.23. The smallest absolute Gasteiger partial charge is 0.248 e. The van der Waals surface area contributed by atoms with Gasteiger partial charge in [-0.3, -0.25) is 9.69 Å². The van der Waals surface area contributed by atoms with Crippen LogP contribution in [-0.2, 0) is 13.0 Å². The zero-order valence-corrected chi connectivity index (χ0v) is 12.7. The third-order valence-corrected chi connectivity index (χ3v) is 4.44. The molecular formula is C19H22N2O. The topological polar surface area (TPSA) is 46.3 Å². The van der Waals surface area contributed by atoms with Crippen LogP contribution in [0.2, 0.25) is 0 Å². The van der Waals surface area contributed by atoms with E-state index in [1.54, 1.807) is 0 Å². The predicted molar refractivity (Wildman–Crippen MR) is 88.5 cm³/mol. The number of likely N-dealkylation sites (tertiary alicyclic amines) is 1. The van der Waals surface area contributed by atoms with Crippen molar-refractivity contribution in [1.82, 2.24) is 4.90 Å². The Morgan fingerprint density at radius 3 is 2.45 bits per heavy atom. The molecule has 2 N–H and O–H groups in total. The third-order valence-electron chi connectivity index (χ3n) is 4.44. The van der Waals surface area contributed by atoms with Gasteiger partial charge in [-0.15, -0.1) is 0 Å². The van der Waals surface area contributed by atoms with Crippen LogP contribution < -0.4 is 5.73 Å². The van der Waals surface area contributed by atoms with E-state index in [4.69, 9.17) is 5.73 Å². The van der Waals surface area contributed by atoms with Gasteiger partial charge in [-0.1, -0.05) is 42.5 Å². The summed E-state index contributed by atoms with van der Waals surface area (Å²) in [4.78, 5) is 13.7. The van der Waals surface area contributed by atoms with Crippen LogP contribution in [0.25, 0.3) is 0 Å². The first-order valence-corrected chi connectivity index (χ1v) is 7.89. The molecule has 0 unspecified atom stereocenters. The molecule has 1 aliphatic heterocycles. The van der Waals surface area contributed by atoms with Crippen LogP contribution in [0.3, 0.4) is 0 Å². The molecular weight excluding hydrogens is 272 g/mol. The van der Waals surface area contributed by atoms with E-state index in [-0.39, 0.29) is 5.91 Å². The van der Waals surface area contributed by atoms with E-state index in [1.807, 2.05) is 24.3 Å². The lowest BCUT2D eigenvalue weighted by Gasteiger charge is -2.24. The van der Waals surface area contributed by atoms with Gasteiger partial charge in [-0.2, -0.15) is 0 Å². The Morgan fingerprint density at radius 1 is 1.05 bits per heavy atom. The number of nitrogens with zero attached hydrogens (tertiary/aromatic N) is 1. The standard InChI is InChI=1S/C19H22N2O/c20-19(22)17-10-8-16(9-11-17)14-21-12-4-7-18(21)13-15-5-2-1-3-6-15/h1-3,5-6,8-11,18H,4,7,12-14H2,(H2,20,22)/t18-/m0/s1. The number of nitrogens with two attached hydrogens (primary N) is 1. The number of hydrogen-bond acceptors (Lipinski definition) is 2. The minimum absolute atomic E-state index is 0.366. The van der Waals surface area contributed by atoms with Gasteiger partial charge in [0.1, 0.15) is 0 Å². The van der Waals surface area contributed by atoms with Gasteiger partial charge in [0.25, 0.3) is 0 Å². The number of carbonyl (C=O) groups is 1. The fraction of sp³-hybridized carbons (Fsp3) is 0.316. The number of hydrogen-bond donors (Lipinski definition) is 1. The van der Waals surface area contributed by atoms with Crippen molar-refractivity contribution in [2.24, 2.45) is 5.73 Å². The maximum atomic E-state index is 11.1. The Labute approximate surface area is 131 Å². The molecule has 1 saturated heterocycles. The Bertz CT molecular complexity index is 622. The number of rotatable bonds is 5. The van der Waals surface area contributed by atoms with Gasteiger partial charge in [0, 0.05) is 18.2 Å². The molecule has 0 spiro atoms. The van der Waals surface area contributed by atoms with Crippen molar-refractivity contribution in [2.45, 2.75) is 31.8 Å². The minimum Gasteiger partial charge on any atom is -0.366 e. The van der Waals surface area contributed by atoms with E-state index >= 15 is 0 Å². The van der Waals surface area contributed by atoms with Crippen LogP contribution in [-0.4, -0.2) is 23.4 Å². The highest BCUT2D eigenvalue weighted by molar-refractivity contribution is 5.92. The summed E-state index contributed by atoms with van der Waals surface area (Å²) < 4.78 is 0. The lowest BCUT2D eigenvalue weighted by atomic mass is 10.0. The zero-order valence-electron chi connectivity index (χ0n) is 12.7. The quantitative estimate of drug-likeness (QED) is 0.921. The van der Waals surface area contributed by atoms with Gasteiger partial charge in [-0.25, -0.2) is 0 Å². The van der Waals surface area contributed by atoms with Crippen LogP contribution in [0.15, 0.2) is 54.6 Å². The van der Waals surface area contributed by atoms with Crippen LogP contribution >= 0.6 is 0 Å². The average Bonchev–Trinajstić information content (AvgIpc) is 2.96. The monoisotopic (exact) mass is 294 g/mol. The van der Waals surface area contributed by atoms with Crippen molar-refractivity contribution in [2.75, 3.05) is 6.54 Å². The SMILES string of the molecule is NC(=O)c1ccc(CN2CCC[C@H]2Cc2ccccc2)cc1. The molecule has 2 aromatic rings. The molecule has 0 aromatic heterocycles. The molecule has 114 valence electrons. The Morgan fingerprint density at radius 2 is 1.77 bits per heavy atom. The third kappa shape index (κ3) is 3.55. The first kappa shape index (κ1) is 14.8. The summed E-state index contributed by atoms with van der Waals surface area (Å²) in [7, 11) is 0. The van der Waals surface area contributed by atoms with E-state index in [9.17, 15) is 4.79 Å². The largest absolute Gasteiger partial charge is 0.366 e. The van der Waals surface area contributed by atoms with Gasteiger partial charge < -0.3 is 5.73 Å². The van der Waals surface area contributed by atoms with Crippen LogP contribution in [0, 0.1) is 0 Å². The van der Waals surface area contributed by atoms with E-state index in [0.717, 1.165) is 19.5 Å². The van der Waals surface area contributed by atoms with Gasteiger partial charge >= 0.3 is 0 Å². The molecule has 2 aromatic carbocycles. The summed E-state index contributed by atoms with van der Waals surface area (Å²) in [6.45, 7) is 2.09. The normalized spacial score (nSPS) is 18.5. The highest BCUT2D eigenvalue weighted by atomic mass is 16.1. The number of benzene rings is 2. The van der Waals surface area contributed by atoms with Gasteiger partial charge in [0.05, 0.1) is 0 Å². The molecule has 1 fully saturated rings. The van der Waals surface area contributed by atoms with Crippen molar-refractivity contribution in [3.8, 4) is 0 Å². The summed E-state index contributed by atoms with van der Waals surface area (Å²) in [5, 5.41) is 0. The van der Waals surface area contributed by atoms with Gasteiger partial charge in [-0.05, 0) is 49.1 Å². The average molecular weight is 294 g/mol. The molecule has 0 saturated carbocycles. The van der Waals surface area contributed by atoms with E-state index in [0.29, 0.717) is 11.6 Å². The van der Waals surface area contributed by atoms with Crippen LogP contribution in [0.4, 0.5) is 0 Å². The predicted octanol–water partition coefficient (Wildman–Crippen LogP) is 2.99. The Kier molecular flexibility index (Phi) is 4.54. The lowest BCUT2D eigenvalue weighted by molar-refractivity contribution is 0.100. The molecule has 1 amide bonds. The fourth-order valence-corrected chi connectivity index (χ4v) is 3.23. The Hall–Kier alpha value is -2.13. The summed E-state index contributed by atoms with van der Waals surface area (Å²) >= 11 is 0. The van der Waals surface area contributed by atoms with Crippen LogP contribution in [0.5, 0.6) is 0 Å². The number of primary amides is 1. The molecule has 3 heteroatoms. The van der Waals surface area contributed by atoms with Crippen LogP contribution in [0.1, 0.15) is 34.3 Å². The van der Waals surface area contributed by atoms with Crippen molar-refractivity contribution in [3.63, 3.8) is 0 Å². The highest BCUT2D eigenvalue weighted by Crippen LogP contribution is 2.23. The van der Waals surface area contributed by atoms with E-state index in [1.165, 1.54) is 24.0 Å². The molecule has 0 aliphatic carbocycles. The first-order chi connectivity index (χ1) is 10.7. The Balaban J connectivity index is 1.64. The molecule has 1 heterocycles. The summed E-state index contributed by atoms with van der Waals surface area (Å²) in [6, 6.07) is 19.0. The van der Waals surface area contributed by atoms with Crippen molar-refractivity contribution in [1.29, 1.82) is 0 Å². The second-order valence-electron chi connectivity index (χ2n) is 6.02. The van der Waals surface area contributed by atoms with Gasteiger partial charge in [0.15, 0.2) is 0 Å². The first-order valence-electron chi connectivity index (χ1n) is 7.89. The second-order valence-corrected chi connectivity index (χ2v) is 6.02. The maximum absolute atomic E-state index is 11.1. The maximum Gasteiger partial charge on any atom is 0.248 e. The van der Waals surface area contributed by atoms with Crippen molar-refractivity contribution in [3.05, 3.63) is 71.3 Å². The molecule has 22 heavy (non-hydrogen) atoms.